The Kier molecular flexibility index (Phi) is 8.37. The number of carbonyl (C=O) groups excluding carboxylic acids is 1. The van der Waals surface area contributed by atoms with Crippen molar-refractivity contribution >= 4 is 23.2 Å². The molecule has 1 aliphatic carbocycles. The van der Waals surface area contributed by atoms with Crippen LogP contribution in [0.1, 0.15) is 61.6 Å². The van der Waals surface area contributed by atoms with E-state index in [4.69, 9.17) is 4.74 Å². The Balaban J connectivity index is 1.15. The third-order valence-corrected chi connectivity index (χ3v) is 7.66. The molecule has 0 atom stereocenters. The lowest BCUT2D eigenvalue weighted by Crippen LogP contribution is -2.32. The number of halogens is 2. The number of aromatic nitrogens is 3. The maximum Gasteiger partial charge on any atom is 0.278 e. The molecule has 0 saturated heterocycles. The second kappa shape index (κ2) is 11.4. The molecule has 0 N–H and O–H groups in total. The first-order valence-corrected chi connectivity index (χ1v) is 12.8. The maximum atomic E-state index is 13.0. The van der Waals surface area contributed by atoms with Crippen LogP contribution < -0.4 is 4.74 Å². The molecule has 4 rings (SSSR count). The molecular formula is C25H32F2N4O2S. The Bertz CT molecular complexity index is 969. The number of ketones is 1. The van der Waals surface area contributed by atoms with Crippen molar-refractivity contribution in [1.29, 1.82) is 0 Å². The molecule has 6 nitrogen and oxygen atoms in total. The fourth-order valence-electron chi connectivity index (χ4n) is 4.70. The number of alkyl halides is 2. The average molecular weight is 491 g/mol. The van der Waals surface area contributed by atoms with E-state index in [-0.39, 0.29) is 5.78 Å². The fraction of sp³-hybridized carbons (Fsp3) is 0.600. The predicted octanol–water partition coefficient (Wildman–Crippen LogP) is 5.19. The molecule has 1 fully saturated rings. The van der Waals surface area contributed by atoms with E-state index in [9.17, 15) is 13.6 Å². The summed E-state index contributed by atoms with van der Waals surface area (Å²) < 4.78 is 31.3. The van der Waals surface area contributed by atoms with Crippen LogP contribution in [0.3, 0.4) is 0 Å². The summed E-state index contributed by atoms with van der Waals surface area (Å²) in [5, 5.41) is 0.355. The highest BCUT2D eigenvalue weighted by Crippen LogP contribution is 2.34. The first kappa shape index (κ1) is 24.9. The fourth-order valence-corrected chi connectivity index (χ4v) is 5.60. The highest BCUT2D eigenvalue weighted by atomic mass is 32.1. The van der Waals surface area contributed by atoms with Crippen LogP contribution >= 0.6 is 11.3 Å². The van der Waals surface area contributed by atoms with Crippen molar-refractivity contribution in [3.05, 3.63) is 40.9 Å². The molecule has 0 unspecified atom stereocenters. The van der Waals surface area contributed by atoms with Gasteiger partial charge in [-0.15, -0.1) is 0 Å². The van der Waals surface area contributed by atoms with Gasteiger partial charge in [-0.05, 0) is 56.2 Å². The van der Waals surface area contributed by atoms with Gasteiger partial charge in [-0.1, -0.05) is 24.2 Å². The molecule has 2 aromatic rings. The smallest absolute Gasteiger partial charge is 0.278 e. The summed E-state index contributed by atoms with van der Waals surface area (Å²) in [6.45, 7) is 2.99. The summed E-state index contributed by atoms with van der Waals surface area (Å²) in [5.41, 5.74) is 1.82. The number of fused-ring (bicyclic) bond motifs is 1. The molecule has 34 heavy (non-hydrogen) atoms. The van der Waals surface area contributed by atoms with E-state index in [2.05, 4.69) is 19.9 Å². The van der Waals surface area contributed by atoms with Crippen LogP contribution in [-0.2, 0) is 17.8 Å². The Hall–Kier alpha value is -2.26. The Morgan fingerprint density at radius 1 is 1.24 bits per heavy atom. The summed E-state index contributed by atoms with van der Waals surface area (Å²) in [7, 11) is 0. The average Bonchev–Trinajstić information content (AvgIpc) is 3.24. The quantitative estimate of drug-likeness (QED) is 0.427. The van der Waals surface area contributed by atoms with Gasteiger partial charge in [0.1, 0.15) is 6.33 Å². The number of thiazole rings is 1. The van der Waals surface area contributed by atoms with Crippen molar-refractivity contribution in [3.8, 4) is 5.19 Å². The maximum absolute atomic E-state index is 13.0. The lowest BCUT2D eigenvalue weighted by Gasteiger charge is -2.31. The van der Waals surface area contributed by atoms with Crippen LogP contribution in [0, 0.1) is 11.8 Å². The minimum absolute atomic E-state index is 0.172. The van der Waals surface area contributed by atoms with Gasteiger partial charge in [0.05, 0.1) is 5.69 Å². The highest BCUT2D eigenvalue weighted by molar-refractivity contribution is 7.13. The standard InChI is InChI=1S/C25H32F2N4O2S/c1-25(26,27)16-33-24-30-22-15-31(11-9-23(22)34-24)10-8-18-2-4-19(5-3-18)12-21(32)7-6-20-13-28-17-29-14-20/h6-7,13-14,17-19H,2-5,8-12,15-16H2,1H3/b7-6+. The Morgan fingerprint density at radius 3 is 2.71 bits per heavy atom. The third-order valence-electron chi connectivity index (χ3n) is 6.59. The number of nitrogens with zero attached hydrogens (tertiary/aromatic N) is 4. The van der Waals surface area contributed by atoms with Crippen LogP contribution in [0.2, 0.25) is 0 Å². The van der Waals surface area contributed by atoms with Gasteiger partial charge in [0.15, 0.2) is 12.4 Å². The largest absolute Gasteiger partial charge is 0.464 e. The molecule has 0 radical (unpaired) electrons. The molecule has 184 valence electrons. The van der Waals surface area contributed by atoms with Crippen molar-refractivity contribution in [1.82, 2.24) is 19.9 Å². The number of rotatable bonds is 10. The first-order chi connectivity index (χ1) is 16.3. The van der Waals surface area contributed by atoms with Crippen molar-refractivity contribution in [2.45, 2.75) is 64.3 Å². The summed E-state index contributed by atoms with van der Waals surface area (Å²) in [6.07, 6.45) is 15.5. The van der Waals surface area contributed by atoms with E-state index >= 15 is 0 Å². The lowest BCUT2D eigenvalue weighted by molar-refractivity contribution is -0.115. The molecule has 1 aliphatic heterocycles. The SMILES string of the molecule is CC(F)(F)COc1nc2c(s1)CCN(CCC1CCC(CC(=O)/C=C/c3cncnc3)CC1)C2. The van der Waals surface area contributed by atoms with Crippen molar-refractivity contribution < 1.29 is 18.3 Å². The predicted molar refractivity (Wildman–Crippen MR) is 128 cm³/mol. The summed E-state index contributed by atoms with van der Waals surface area (Å²) in [4.78, 5) is 28.2. The van der Waals surface area contributed by atoms with Crippen LogP contribution in [0.15, 0.2) is 24.8 Å². The molecule has 0 spiro atoms. The van der Waals surface area contributed by atoms with Crippen molar-refractivity contribution in [3.63, 3.8) is 0 Å². The van der Waals surface area contributed by atoms with Gasteiger partial charge in [0.2, 0.25) is 0 Å². The summed E-state index contributed by atoms with van der Waals surface area (Å²) >= 11 is 1.40. The molecule has 0 bridgehead atoms. The zero-order chi connectivity index (χ0) is 24.0. The normalized spacial score (nSPS) is 21.5. The highest BCUT2D eigenvalue weighted by Gasteiger charge is 2.27. The minimum atomic E-state index is -2.85. The first-order valence-electron chi connectivity index (χ1n) is 12.0. The zero-order valence-electron chi connectivity index (χ0n) is 19.6. The van der Waals surface area contributed by atoms with E-state index < -0.39 is 12.5 Å². The van der Waals surface area contributed by atoms with E-state index in [0.29, 0.717) is 23.5 Å². The lowest BCUT2D eigenvalue weighted by atomic mass is 9.78. The van der Waals surface area contributed by atoms with Crippen LogP contribution in [0.5, 0.6) is 5.19 Å². The molecule has 0 aromatic carbocycles. The van der Waals surface area contributed by atoms with Crippen molar-refractivity contribution in [2.24, 2.45) is 11.8 Å². The van der Waals surface area contributed by atoms with E-state index in [0.717, 1.165) is 68.4 Å². The van der Waals surface area contributed by atoms with Crippen molar-refractivity contribution in [2.75, 3.05) is 19.7 Å². The van der Waals surface area contributed by atoms with E-state index in [1.165, 1.54) is 30.5 Å². The van der Waals surface area contributed by atoms with Gasteiger partial charge in [0.25, 0.3) is 11.1 Å². The monoisotopic (exact) mass is 490 g/mol. The second-order valence-corrected chi connectivity index (χ2v) is 10.6. The zero-order valence-corrected chi connectivity index (χ0v) is 20.4. The number of hydrogen-bond acceptors (Lipinski definition) is 7. The molecule has 2 aromatic heterocycles. The van der Waals surface area contributed by atoms with E-state index in [1.54, 1.807) is 24.5 Å². The Morgan fingerprint density at radius 2 is 1.97 bits per heavy atom. The molecule has 1 saturated carbocycles. The Labute approximate surface area is 203 Å². The summed E-state index contributed by atoms with van der Waals surface area (Å²) in [6, 6.07) is 0. The summed E-state index contributed by atoms with van der Waals surface area (Å²) in [5.74, 6) is -1.50. The third kappa shape index (κ3) is 7.63. The van der Waals surface area contributed by atoms with Crippen LogP contribution in [0.4, 0.5) is 8.78 Å². The molecular weight excluding hydrogens is 458 g/mol. The van der Waals surface area contributed by atoms with Gasteiger partial charge in [-0.2, -0.15) is 0 Å². The van der Waals surface area contributed by atoms with E-state index in [1.807, 2.05) is 0 Å². The number of ether oxygens (including phenoxy) is 1. The molecule has 9 heteroatoms. The molecule has 3 heterocycles. The number of carbonyl (C=O) groups is 1. The molecule has 0 amide bonds. The van der Waals surface area contributed by atoms with Gasteiger partial charge >= 0.3 is 0 Å². The number of hydrogen-bond donors (Lipinski definition) is 0. The molecule has 2 aliphatic rings. The van der Waals surface area contributed by atoms with Gasteiger partial charge in [0, 0.05) is 49.3 Å². The number of allylic oxidation sites excluding steroid dienone is 1. The van der Waals surface area contributed by atoms with Crippen LogP contribution in [0.25, 0.3) is 6.08 Å². The van der Waals surface area contributed by atoms with Gasteiger partial charge < -0.3 is 4.74 Å². The van der Waals surface area contributed by atoms with Gasteiger partial charge in [-0.3, -0.25) is 9.69 Å². The van der Waals surface area contributed by atoms with Gasteiger partial charge in [-0.25, -0.2) is 23.7 Å². The second-order valence-electron chi connectivity index (χ2n) is 9.59. The minimum Gasteiger partial charge on any atom is -0.464 e. The topological polar surface area (TPSA) is 68.2 Å². The van der Waals surface area contributed by atoms with Crippen LogP contribution in [-0.4, -0.2) is 51.3 Å².